The lowest BCUT2D eigenvalue weighted by Crippen LogP contribution is -2.35. The van der Waals surface area contributed by atoms with Crippen LogP contribution >= 0.6 is 23.2 Å². The average Bonchev–Trinajstić information content (AvgIpc) is 2.71. The molecule has 0 spiro atoms. The number of benzene rings is 1. The first-order valence-corrected chi connectivity index (χ1v) is 11.0. The summed E-state index contributed by atoms with van der Waals surface area (Å²) in [5.74, 6) is -0.437. The lowest BCUT2D eigenvalue weighted by atomic mass is 10.0. The summed E-state index contributed by atoms with van der Waals surface area (Å²) in [6, 6.07) is 8.73. The first-order valence-electron chi connectivity index (χ1n) is 10.2. The summed E-state index contributed by atoms with van der Waals surface area (Å²) in [4.78, 5) is 29.9. The summed E-state index contributed by atoms with van der Waals surface area (Å²) >= 11 is 12.4. The smallest absolute Gasteiger partial charge is 0.329 e. The third kappa shape index (κ3) is 5.83. The highest BCUT2D eigenvalue weighted by Crippen LogP contribution is 2.26. The molecule has 0 bridgehead atoms. The number of fused-ring (bicyclic) bond motifs is 1. The number of esters is 1. The Morgan fingerprint density at radius 2 is 1.66 bits per heavy atom. The van der Waals surface area contributed by atoms with Crippen LogP contribution in [0.15, 0.2) is 35.1 Å². The number of halogens is 2. The molecule has 29 heavy (non-hydrogen) atoms. The molecule has 156 valence electrons. The highest BCUT2D eigenvalue weighted by molar-refractivity contribution is 6.32. The minimum absolute atomic E-state index is 0.160. The van der Waals surface area contributed by atoms with Gasteiger partial charge in [-0.3, -0.25) is 9.36 Å². The van der Waals surface area contributed by atoms with Crippen LogP contribution in [0, 0.1) is 0 Å². The molecule has 2 heterocycles. The van der Waals surface area contributed by atoms with Crippen molar-refractivity contribution in [1.29, 1.82) is 0 Å². The van der Waals surface area contributed by atoms with E-state index in [0.29, 0.717) is 18.5 Å². The van der Waals surface area contributed by atoms with E-state index in [2.05, 4.69) is 4.98 Å². The molecule has 0 radical (unpaired) electrons. The molecule has 1 aliphatic rings. The maximum atomic E-state index is 13.0. The van der Waals surface area contributed by atoms with Crippen molar-refractivity contribution < 1.29 is 9.53 Å². The molecule has 7 heteroatoms. The molecule has 5 nitrogen and oxygen atoms in total. The normalized spacial score (nSPS) is 18.2. The molecule has 1 aromatic heterocycles. The molecule has 3 rings (SSSR count). The van der Waals surface area contributed by atoms with Crippen LogP contribution < -0.4 is 5.56 Å². The van der Waals surface area contributed by atoms with E-state index in [1.807, 2.05) is 30.3 Å². The fourth-order valence-corrected chi connectivity index (χ4v) is 4.25. The van der Waals surface area contributed by atoms with Crippen molar-refractivity contribution in [2.45, 2.75) is 70.4 Å². The fourth-order valence-electron chi connectivity index (χ4n) is 3.76. The lowest BCUT2D eigenvalue weighted by Gasteiger charge is -2.23. The number of ether oxygens (including phenoxy) is 1. The van der Waals surface area contributed by atoms with E-state index in [-0.39, 0.29) is 16.9 Å². The second kappa shape index (κ2) is 10.8. The fraction of sp³-hybridized carbons (Fsp3) is 0.500. The molecule has 0 fully saturated rings. The van der Waals surface area contributed by atoms with Gasteiger partial charge in [0.1, 0.15) is 12.6 Å². The maximum absolute atomic E-state index is 13.0. The second-order valence-corrected chi connectivity index (χ2v) is 8.15. The number of aromatic nitrogens is 2. The average molecular weight is 437 g/mol. The van der Waals surface area contributed by atoms with E-state index in [9.17, 15) is 9.59 Å². The Balaban J connectivity index is 1.92. The zero-order valence-corrected chi connectivity index (χ0v) is 17.9. The Morgan fingerprint density at radius 3 is 2.38 bits per heavy atom. The number of hydrogen-bond donors (Lipinski definition) is 0. The van der Waals surface area contributed by atoms with Crippen molar-refractivity contribution in [3.8, 4) is 0 Å². The highest BCUT2D eigenvalue weighted by atomic mass is 35.5. The van der Waals surface area contributed by atoms with Gasteiger partial charge in [-0.2, -0.15) is 0 Å². The molecule has 1 unspecified atom stereocenters. The lowest BCUT2D eigenvalue weighted by molar-refractivity contribution is -0.149. The summed E-state index contributed by atoms with van der Waals surface area (Å²) in [5, 5.41) is -0.0285. The number of rotatable bonds is 3. The van der Waals surface area contributed by atoms with Crippen molar-refractivity contribution >= 4 is 29.2 Å². The maximum Gasteiger partial charge on any atom is 0.329 e. The first kappa shape index (κ1) is 21.8. The minimum Gasteiger partial charge on any atom is -0.459 e. The molecule has 0 N–H and O–H groups in total. The van der Waals surface area contributed by atoms with Crippen LogP contribution in [0.3, 0.4) is 0 Å². The summed E-state index contributed by atoms with van der Waals surface area (Å²) in [6.07, 6.45) is 8.34. The third-order valence-corrected chi connectivity index (χ3v) is 5.87. The zero-order valence-electron chi connectivity index (χ0n) is 16.4. The Morgan fingerprint density at radius 1 is 1.00 bits per heavy atom. The molecule has 1 aromatic carbocycles. The summed E-state index contributed by atoms with van der Waals surface area (Å²) in [6.45, 7) is 0.160. The Labute approximate surface area is 181 Å². The summed E-state index contributed by atoms with van der Waals surface area (Å²) < 4.78 is 7.02. The highest BCUT2D eigenvalue weighted by Gasteiger charge is 2.28. The molecular formula is C22H26Cl2N2O3. The molecule has 2 aromatic rings. The molecule has 0 saturated carbocycles. The minimum atomic E-state index is -0.751. The van der Waals surface area contributed by atoms with Crippen molar-refractivity contribution in [1.82, 2.24) is 9.55 Å². The van der Waals surface area contributed by atoms with Crippen molar-refractivity contribution in [2.24, 2.45) is 0 Å². The van der Waals surface area contributed by atoms with Gasteiger partial charge in [0.15, 0.2) is 10.3 Å². The van der Waals surface area contributed by atoms with E-state index >= 15 is 0 Å². The van der Waals surface area contributed by atoms with Crippen LogP contribution in [0.2, 0.25) is 10.3 Å². The van der Waals surface area contributed by atoms with Gasteiger partial charge < -0.3 is 4.74 Å². The van der Waals surface area contributed by atoms with Crippen LogP contribution in [0.5, 0.6) is 0 Å². The van der Waals surface area contributed by atoms with E-state index in [1.54, 1.807) is 0 Å². The van der Waals surface area contributed by atoms with Gasteiger partial charge in [0, 0.05) is 0 Å². The number of carbonyl (C=O) groups is 1. The van der Waals surface area contributed by atoms with E-state index in [1.165, 1.54) is 11.0 Å². The molecule has 1 atom stereocenters. The van der Waals surface area contributed by atoms with E-state index in [4.69, 9.17) is 27.9 Å². The topological polar surface area (TPSA) is 61.2 Å². The van der Waals surface area contributed by atoms with Crippen molar-refractivity contribution in [3.05, 3.63) is 62.2 Å². The number of hydrogen-bond acceptors (Lipinski definition) is 4. The second-order valence-electron chi connectivity index (χ2n) is 7.44. The Kier molecular flexibility index (Phi) is 8.13. The molecule has 1 aliphatic heterocycles. The molecule has 0 saturated heterocycles. The van der Waals surface area contributed by atoms with Crippen LogP contribution in [0.1, 0.15) is 68.7 Å². The van der Waals surface area contributed by atoms with Gasteiger partial charge in [-0.15, -0.1) is 0 Å². The number of nitrogens with zero attached hydrogens (tertiary/aromatic N) is 2. The quantitative estimate of drug-likeness (QED) is 0.594. The van der Waals surface area contributed by atoms with Crippen molar-refractivity contribution in [3.63, 3.8) is 0 Å². The SMILES string of the molecule is O=C(OCc1ccccc1)C1CCCCCCCCCc2c(Cl)nc(Cl)c(=O)n21. The van der Waals surface area contributed by atoms with Crippen LogP contribution in [0.25, 0.3) is 0 Å². The predicted octanol–water partition coefficient (Wildman–Crippen LogP) is 5.51. The largest absolute Gasteiger partial charge is 0.459 e. The Bertz CT molecular complexity index is 884. The van der Waals surface area contributed by atoms with Crippen LogP contribution in [-0.2, 0) is 22.6 Å². The summed E-state index contributed by atoms with van der Waals surface area (Å²) in [7, 11) is 0. The molecular weight excluding hydrogens is 411 g/mol. The van der Waals surface area contributed by atoms with Gasteiger partial charge in [0.2, 0.25) is 0 Å². The van der Waals surface area contributed by atoms with Gasteiger partial charge in [0.05, 0.1) is 5.69 Å². The molecule has 0 amide bonds. The van der Waals surface area contributed by atoms with E-state index < -0.39 is 17.6 Å². The van der Waals surface area contributed by atoms with Crippen LogP contribution in [0.4, 0.5) is 0 Å². The predicted molar refractivity (Wildman–Crippen MR) is 114 cm³/mol. The monoisotopic (exact) mass is 436 g/mol. The van der Waals surface area contributed by atoms with Crippen molar-refractivity contribution in [2.75, 3.05) is 0 Å². The van der Waals surface area contributed by atoms with E-state index in [0.717, 1.165) is 44.1 Å². The summed E-state index contributed by atoms with van der Waals surface area (Å²) in [5.41, 5.74) is 0.987. The Hall–Kier alpha value is -1.85. The third-order valence-electron chi connectivity index (χ3n) is 5.32. The van der Waals surface area contributed by atoms with Crippen LogP contribution in [-0.4, -0.2) is 15.5 Å². The van der Waals surface area contributed by atoms with Gasteiger partial charge in [0.25, 0.3) is 5.56 Å². The standard InChI is InChI=1S/C22H26Cl2N2O3/c23-19-17-13-9-4-2-1-3-5-10-14-18(26(17)21(27)20(24)25-19)22(28)29-15-16-11-7-6-8-12-16/h6-8,11-12,18H,1-5,9-10,13-15H2. The van der Waals surface area contributed by atoms with Gasteiger partial charge >= 0.3 is 5.97 Å². The van der Waals surface area contributed by atoms with Gasteiger partial charge in [-0.05, 0) is 24.8 Å². The zero-order chi connectivity index (χ0) is 20.6. The first-order chi connectivity index (χ1) is 14.1. The molecule has 0 aliphatic carbocycles. The van der Waals surface area contributed by atoms with Gasteiger partial charge in [-0.1, -0.05) is 92.1 Å². The van der Waals surface area contributed by atoms with Gasteiger partial charge in [-0.25, -0.2) is 9.78 Å². The number of carbonyl (C=O) groups excluding carboxylic acids is 1.